The molecule has 0 radical (unpaired) electrons. The quantitative estimate of drug-likeness (QED) is 0.644. The maximum Gasteiger partial charge on any atom is 0.267 e. The van der Waals surface area contributed by atoms with Crippen molar-refractivity contribution < 1.29 is 14.4 Å². The highest BCUT2D eigenvalue weighted by atomic mass is 16.5. The first-order valence-corrected chi connectivity index (χ1v) is 5.31. The molecule has 0 fully saturated rings. The van der Waals surface area contributed by atoms with Gasteiger partial charge in [-0.15, -0.1) is 0 Å². The van der Waals surface area contributed by atoms with Gasteiger partial charge in [-0.3, -0.25) is 4.79 Å². The topological polar surface area (TPSA) is 99.1 Å². The van der Waals surface area contributed by atoms with Gasteiger partial charge in [0.2, 0.25) is 0 Å². The highest BCUT2D eigenvalue weighted by Gasteiger charge is 2.10. The predicted octanol–water partition coefficient (Wildman–Crippen LogP) is 1.93. The van der Waals surface area contributed by atoms with E-state index in [1.165, 1.54) is 30.5 Å². The van der Waals surface area contributed by atoms with E-state index in [1.54, 1.807) is 18.2 Å². The first-order chi connectivity index (χ1) is 9.19. The fourth-order valence-corrected chi connectivity index (χ4v) is 1.39. The molecule has 2 aromatic rings. The summed E-state index contributed by atoms with van der Waals surface area (Å²) in [7, 11) is 0. The number of amides is 1. The summed E-state index contributed by atoms with van der Waals surface area (Å²) in [5.74, 6) is -0.315. The second-order valence-electron chi connectivity index (χ2n) is 3.60. The van der Waals surface area contributed by atoms with E-state index >= 15 is 0 Å². The molecule has 0 unspecified atom stereocenters. The van der Waals surface area contributed by atoms with Crippen molar-refractivity contribution in [3.05, 3.63) is 47.7 Å². The number of benzene rings is 1. The normalized spacial score (nSPS) is 10.8. The van der Waals surface area contributed by atoms with Crippen LogP contribution < -0.4 is 5.32 Å². The maximum absolute atomic E-state index is 11.8. The molecule has 0 atom stereocenters. The number of hydrogen-bond acceptors (Lipinski definition) is 5. The zero-order valence-electron chi connectivity index (χ0n) is 9.70. The van der Waals surface area contributed by atoms with E-state index < -0.39 is 5.91 Å². The van der Waals surface area contributed by atoms with Gasteiger partial charge in [0.1, 0.15) is 23.7 Å². The van der Waals surface area contributed by atoms with Gasteiger partial charge in [-0.05, 0) is 23.8 Å². The number of anilines is 1. The summed E-state index contributed by atoms with van der Waals surface area (Å²) in [6.07, 6.45) is 2.68. The number of phenols is 1. The second-order valence-corrected chi connectivity index (χ2v) is 3.60. The molecule has 2 N–H and O–H groups in total. The third-order valence-corrected chi connectivity index (χ3v) is 2.23. The van der Waals surface area contributed by atoms with Crippen molar-refractivity contribution in [1.82, 2.24) is 5.16 Å². The Morgan fingerprint density at radius 2 is 2.32 bits per heavy atom. The third-order valence-electron chi connectivity index (χ3n) is 2.23. The van der Waals surface area contributed by atoms with Crippen LogP contribution in [0.4, 0.5) is 5.82 Å². The van der Waals surface area contributed by atoms with E-state index in [0.717, 1.165) is 0 Å². The standard InChI is InChI=1S/C13H9N3O3/c14-8-10(6-9-2-1-3-11(17)7-9)13(18)15-12-4-5-19-16-12/h1-7,17H,(H,15,16,18)/b10-6+. The molecule has 0 aliphatic heterocycles. The smallest absolute Gasteiger partial charge is 0.267 e. The molecule has 19 heavy (non-hydrogen) atoms. The number of carbonyl (C=O) groups excluding carboxylic acids is 1. The summed E-state index contributed by atoms with van der Waals surface area (Å²) in [6, 6.07) is 9.48. The molecule has 94 valence electrons. The minimum Gasteiger partial charge on any atom is -0.508 e. The van der Waals surface area contributed by atoms with Gasteiger partial charge in [-0.1, -0.05) is 17.3 Å². The molecule has 0 aliphatic carbocycles. The van der Waals surface area contributed by atoms with Gasteiger partial charge in [-0.25, -0.2) is 0 Å². The molecule has 0 spiro atoms. The van der Waals surface area contributed by atoms with Gasteiger partial charge in [0.15, 0.2) is 5.82 Å². The lowest BCUT2D eigenvalue weighted by Gasteiger charge is -2.00. The lowest BCUT2D eigenvalue weighted by molar-refractivity contribution is -0.112. The lowest BCUT2D eigenvalue weighted by atomic mass is 10.1. The number of hydrogen-bond donors (Lipinski definition) is 2. The zero-order valence-corrected chi connectivity index (χ0v) is 9.70. The summed E-state index contributed by atoms with van der Waals surface area (Å²) in [6.45, 7) is 0. The number of rotatable bonds is 3. The van der Waals surface area contributed by atoms with E-state index in [1.807, 2.05) is 0 Å². The summed E-state index contributed by atoms with van der Waals surface area (Å²) >= 11 is 0. The zero-order chi connectivity index (χ0) is 13.7. The Hall–Kier alpha value is -3.07. The van der Waals surface area contributed by atoms with E-state index in [-0.39, 0.29) is 17.1 Å². The average molecular weight is 255 g/mol. The number of carbonyl (C=O) groups is 1. The molecule has 0 saturated heterocycles. The lowest BCUT2D eigenvalue weighted by Crippen LogP contribution is -2.13. The van der Waals surface area contributed by atoms with Crippen LogP contribution in [0, 0.1) is 11.3 Å². The van der Waals surface area contributed by atoms with Crippen molar-refractivity contribution in [2.75, 3.05) is 5.32 Å². The number of nitrogens with one attached hydrogen (secondary N) is 1. The molecule has 1 aromatic heterocycles. The summed E-state index contributed by atoms with van der Waals surface area (Å²) in [5.41, 5.74) is 0.445. The molecule has 2 rings (SSSR count). The molecule has 0 saturated carbocycles. The van der Waals surface area contributed by atoms with E-state index in [4.69, 9.17) is 5.26 Å². The fraction of sp³-hybridized carbons (Fsp3) is 0. The second kappa shape index (κ2) is 5.51. The number of phenolic OH excluding ortho intramolecular Hbond substituents is 1. The molecular formula is C13H9N3O3. The largest absolute Gasteiger partial charge is 0.508 e. The molecule has 6 heteroatoms. The predicted molar refractivity (Wildman–Crippen MR) is 66.8 cm³/mol. The van der Waals surface area contributed by atoms with Gasteiger partial charge in [0.25, 0.3) is 5.91 Å². The highest BCUT2D eigenvalue weighted by Crippen LogP contribution is 2.14. The van der Waals surface area contributed by atoms with Crippen LogP contribution in [0.15, 0.2) is 46.7 Å². The number of aromatic nitrogens is 1. The Bertz CT molecular complexity index is 654. The van der Waals surface area contributed by atoms with Crippen LogP contribution >= 0.6 is 0 Å². The monoisotopic (exact) mass is 255 g/mol. The Kier molecular flexibility index (Phi) is 3.59. The van der Waals surface area contributed by atoms with Crippen LogP contribution in [0.3, 0.4) is 0 Å². The Labute approximate surface area is 108 Å². The van der Waals surface area contributed by atoms with Gasteiger partial charge < -0.3 is 14.9 Å². The van der Waals surface area contributed by atoms with Crippen LogP contribution in [-0.4, -0.2) is 16.2 Å². The van der Waals surface area contributed by atoms with Crippen LogP contribution in [0.5, 0.6) is 5.75 Å². The van der Waals surface area contributed by atoms with Crippen LogP contribution in [0.25, 0.3) is 6.08 Å². The first kappa shape index (κ1) is 12.4. The van der Waals surface area contributed by atoms with Crippen molar-refractivity contribution in [2.24, 2.45) is 0 Å². The van der Waals surface area contributed by atoms with E-state index in [0.29, 0.717) is 5.56 Å². The molecule has 1 heterocycles. The Morgan fingerprint density at radius 3 is 2.95 bits per heavy atom. The number of nitriles is 1. The molecule has 1 amide bonds. The summed E-state index contributed by atoms with van der Waals surface area (Å²) < 4.78 is 4.56. The SMILES string of the molecule is N#C/C(=C\c1cccc(O)c1)C(=O)Nc1ccon1. The van der Waals surface area contributed by atoms with Crippen molar-refractivity contribution in [3.8, 4) is 11.8 Å². The van der Waals surface area contributed by atoms with Crippen LogP contribution in [-0.2, 0) is 4.79 Å². The van der Waals surface area contributed by atoms with Crippen molar-refractivity contribution in [3.63, 3.8) is 0 Å². The minimum absolute atomic E-state index is 0.0583. The Balaban J connectivity index is 2.20. The molecule has 0 bridgehead atoms. The van der Waals surface area contributed by atoms with Gasteiger partial charge >= 0.3 is 0 Å². The van der Waals surface area contributed by atoms with Crippen molar-refractivity contribution in [1.29, 1.82) is 5.26 Å². The Morgan fingerprint density at radius 1 is 1.47 bits per heavy atom. The fourth-order valence-electron chi connectivity index (χ4n) is 1.39. The van der Waals surface area contributed by atoms with E-state index in [9.17, 15) is 9.90 Å². The van der Waals surface area contributed by atoms with E-state index in [2.05, 4.69) is 15.0 Å². The maximum atomic E-state index is 11.8. The minimum atomic E-state index is -0.597. The highest BCUT2D eigenvalue weighted by molar-refractivity contribution is 6.09. The van der Waals surface area contributed by atoms with Crippen molar-refractivity contribution >= 4 is 17.8 Å². The number of aromatic hydroxyl groups is 1. The number of nitrogens with zero attached hydrogens (tertiary/aromatic N) is 2. The molecule has 0 aliphatic rings. The van der Waals surface area contributed by atoms with Crippen LogP contribution in [0.1, 0.15) is 5.56 Å². The molecule has 1 aromatic carbocycles. The van der Waals surface area contributed by atoms with Gasteiger partial charge in [0, 0.05) is 6.07 Å². The van der Waals surface area contributed by atoms with Crippen LogP contribution in [0.2, 0.25) is 0 Å². The third kappa shape index (κ3) is 3.20. The summed E-state index contributed by atoms with van der Waals surface area (Å²) in [5, 5.41) is 24.2. The van der Waals surface area contributed by atoms with Gasteiger partial charge in [0.05, 0.1) is 0 Å². The van der Waals surface area contributed by atoms with Gasteiger partial charge in [-0.2, -0.15) is 5.26 Å². The average Bonchev–Trinajstić information content (AvgIpc) is 2.88. The van der Waals surface area contributed by atoms with Crippen molar-refractivity contribution in [2.45, 2.75) is 0 Å². The summed E-state index contributed by atoms with van der Waals surface area (Å²) in [4.78, 5) is 11.8. The molecule has 6 nitrogen and oxygen atoms in total. The first-order valence-electron chi connectivity index (χ1n) is 5.31. The molecular weight excluding hydrogens is 246 g/mol.